The number of hydrogen-bond acceptors (Lipinski definition) is 1. The van der Waals surface area contributed by atoms with Crippen LogP contribution in [0.2, 0.25) is 0 Å². The van der Waals surface area contributed by atoms with Crippen molar-refractivity contribution < 1.29 is 22.3 Å². The van der Waals surface area contributed by atoms with Crippen LogP contribution in [0.4, 0.5) is 17.6 Å². The second-order valence-electron chi connectivity index (χ2n) is 12.6. The van der Waals surface area contributed by atoms with Gasteiger partial charge in [0.25, 0.3) is 0 Å². The minimum atomic E-state index is -3.57. The van der Waals surface area contributed by atoms with E-state index in [2.05, 4.69) is 18.6 Å². The largest absolute Gasteiger partial charge is 0.426 e. The molecular formula is C32H48F4O. The van der Waals surface area contributed by atoms with E-state index in [-0.39, 0.29) is 11.8 Å². The van der Waals surface area contributed by atoms with Crippen LogP contribution in [0.25, 0.3) is 0 Å². The Morgan fingerprint density at radius 2 is 1.19 bits per heavy atom. The Kier molecular flexibility index (Phi) is 10.3. The summed E-state index contributed by atoms with van der Waals surface area (Å²) >= 11 is 0. The predicted octanol–water partition coefficient (Wildman–Crippen LogP) is 10.8. The molecule has 0 heterocycles. The first-order chi connectivity index (χ1) is 17.8. The molecule has 0 unspecified atom stereocenters. The third kappa shape index (κ3) is 7.88. The first kappa shape index (κ1) is 28.7. The lowest BCUT2D eigenvalue weighted by Crippen LogP contribution is -2.27. The second-order valence-corrected chi connectivity index (χ2v) is 12.6. The number of rotatable bonds is 10. The summed E-state index contributed by atoms with van der Waals surface area (Å²) in [5, 5.41) is 0. The minimum Gasteiger partial charge on any atom is -0.426 e. The topological polar surface area (TPSA) is 9.23 Å². The van der Waals surface area contributed by atoms with Crippen molar-refractivity contribution in [2.45, 2.75) is 135 Å². The summed E-state index contributed by atoms with van der Waals surface area (Å²) in [6.07, 6.45) is 13.3. The molecule has 1 aromatic rings. The Labute approximate surface area is 222 Å². The summed E-state index contributed by atoms with van der Waals surface area (Å²) in [6, 6.07) is 2.47. The molecule has 4 rings (SSSR count). The molecule has 0 aliphatic heterocycles. The van der Waals surface area contributed by atoms with Gasteiger partial charge in [-0.15, -0.1) is 0 Å². The molecule has 3 aliphatic carbocycles. The van der Waals surface area contributed by atoms with Gasteiger partial charge in [-0.05, 0) is 98.1 Å². The van der Waals surface area contributed by atoms with Gasteiger partial charge < -0.3 is 4.74 Å². The van der Waals surface area contributed by atoms with E-state index in [9.17, 15) is 17.6 Å². The average molecular weight is 525 g/mol. The molecule has 0 aromatic heterocycles. The number of alkyl halides is 2. The summed E-state index contributed by atoms with van der Waals surface area (Å²) in [4.78, 5) is 0. The van der Waals surface area contributed by atoms with Crippen LogP contribution in [0, 0.1) is 41.2 Å². The zero-order chi connectivity index (χ0) is 26.4. The fraction of sp³-hybridized carbons (Fsp3) is 0.812. The molecule has 3 fully saturated rings. The normalized spacial score (nSPS) is 31.3. The van der Waals surface area contributed by atoms with Crippen LogP contribution in [0.3, 0.4) is 0 Å². The Bertz CT molecular complexity index is 808. The van der Waals surface area contributed by atoms with Crippen molar-refractivity contribution >= 4 is 0 Å². The van der Waals surface area contributed by atoms with Crippen molar-refractivity contribution in [3.05, 3.63) is 29.3 Å². The summed E-state index contributed by atoms with van der Waals surface area (Å²) in [5.41, 5.74) is 0.586. The lowest BCUT2D eigenvalue weighted by Gasteiger charge is -2.38. The van der Waals surface area contributed by atoms with Crippen molar-refractivity contribution in [2.24, 2.45) is 29.6 Å². The second kappa shape index (κ2) is 13.2. The quantitative estimate of drug-likeness (QED) is 0.277. The number of hydrogen-bond donors (Lipinski definition) is 0. The highest BCUT2D eigenvalue weighted by atomic mass is 19.3. The van der Waals surface area contributed by atoms with E-state index in [0.29, 0.717) is 17.9 Å². The van der Waals surface area contributed by atoms with Gasteiger partial charge in [-0.3, -0.25) is 0 Å². The van der Waals surface area contributed by atoms with Crippen molar-refractivity contribution in [2.75, 3.05) is 0 Å². The van der Waals surface area contributed by atoms with E-state index in [1.54, 1.807) is 0 Å². The van der Waals surface area contributed by atoms with E-state index in [4.69, 9.17) is 0 Å². The zero-order valence-electron chi connectivity index (χ0n) is 23.1. The van der Waals surface area contributed by atoms with Crippen LogP contribution in [-0.4, -0.2) is 6.11 Å². The summed E-state index contributed by atoms with van der Waals surface area (Å²) in [6.45, 7) is 4.46. The third-order valence-corrected chi connectivity index (χ3v) is 10.2. The van der Waals surface area contributed by atoms with Gasteiger partial charge in [0.05, 0.1) is 6.42 Å². The molecule has 0 spiro atoms. The Morgan fingerprint density at radius 1 is 0.703 bits per heavy atom. The molecule has 3 saturated carbocycles. The van der Waals surface area contributed by atoms with Crippen LogP contribution >= 0.6 is 0 Å². The van der Waals surface area contributed by atoms with E-state index < -0.39 is 29.9 Å². The molecule has 3 aliphatic rings. The maximum absolute atomic E-state index is 14.8. The van der Waals surface area contributed by atoms with E-state index >= 15 is 0 Å². The minimum absolute atomic E-state index is 0.0876. The average Bonchev–Trinajstić information content (AvgIpc) is 2.91. The van der Waals surface area contributed by atoms with Gasteiger partial charge in [0.1, 0.15) is 0 Å². The SMILES string of the molecule is CCCC1CCC(CCC(F)(F)Oc2c(F)cc(C3CCC(C4CCC(CC)CC4)CC3)cc2F)CC1. The molecule has 37 heavy (non-hydrogen) atoms. The van der Waals surface area contributed by atoms with Crippen LogP contribution in [0.1, 0.15) is 134 Å². The first-order valence-electron chi connectivity index (χ1n) is 15.3. The van der Waals surface area contributed by atoms with Crippen LogP contribution in [0.15, 0.2) is 12.1 Å². The summed E-state index contributed by atoms with van der Waals surface area (Å²) < 4.78 is 63.6. The molecule has 0 N–H and O–H groups in total. The predicted molar refractivity (Wildman–Crippen MR) is 142 cm³/mol. The number of halogens is 4. The van der Waals surface area contributed by atoms with Gasteiger partial charge in [-0.25, -0.2) is 8.78 Å². The lowest BCUT2D eigenvalue weighted by atomic mass is 9.68. The Balaban J connectivity index is 1.27. The number of benzene rings is 1. The van der Waals surface area contributed by atoms with Gasteiger partial charge in [0, 0.05) is 0 Å². The monoisotopic (exact) mass is 524 g/mol. The smallest absolute Gasteiger partial charge is 0.398 e. The molecule has 0 saturated heterocycles. The van der Waals surface area contributed by atoms with Gasteiger partial charge in [0.15, 0.2) is 17.4 Å². The van der Waals surface area contributed by atoms with Crippen LogP contribution in [0.5, 0.6) is 5.75 Å². The van der Waals surface area contributed by atoms with Crippen LogP contribution < -0.4 is 4.74 Å². The molecule has 0 radical (unpaired) electrons. The number of ether oxygens (including phenoxy) is 1. The highest BCUT2D eigenvalue weighted by molar-refractivity contribution is 5.33. The van der Waals surface area contributed by atoms with Crippen molar-refractivity contribution in [1.29, 1.82) is 0 Å². The Morgan fingerprint density at radius 3 is 1.70 bits per heavy atom. The lowest BCUT2D eigenvalue weighted by molar-refractivity contribution is -0.186. The van der Waals surface area contributed by atoms with Crippen LogP contribution in [-0.2, 0) is 0 Å². The van der Waals surface area contributed by atoms with Gasteiger partial charge in [0.2, 0.25) is 0 Å². The standard InChI is InChI=1S/C32H48F4O/c1-3-5-23-6-8-24(9-7-23)18-19-32(35,36)37-31-29(33)20-28(21-30(31)34)27-16-14-26(15-17-27)25-12-10-22(4-2)11-13-25/h20-27H,3-19H2,1-2H3. The van der Waals surface area contributed by atoms with E-state index in [1.807, 2.05) is 0 Å². The molecule has 1 nitrogen and oxygen atoms in total. The van der Waals surface area contributed by atoms with Crippen molar-refractivity contribution in [3.63, 3.8) is 0 Å². The molecular weight excluding hydrogens is 476 g/mol. The molecule has 0 atom stereocenters. The maximum atomic E-state index is 14.8. The van der Waals surface area contributed by atoms with Gasteiger partial charge in [-0.2, -0.15) is 8.78 Å². The fourth-order valence-electron chi connectivity index (χ4n) is 7.69. The molecule has 0 bridgehead atoms. The summed E-state index contributed by atoms with van der Waals surface area (Å²) in [5.74, 6) is 0.508. The fourth-order valence-corrected chi connectivity index (χ4v) is 7.69. The third-order valence-electron chi connectivity index (χ3n) is 10.2. The maximum Gasteiger partial charge on any atom is 0.398 e. The molecule has 5 heteroatoms. The van der Waals surface area contributed by atoms with Crippen molar-refractivity contribution in [3.8, 4) is 5.75 Å². The first-order valence-corrected chi connectivity index (χ1v) is 15.3. The highest BCUT2D eigenvalue weighted by Crippen LogP contribution is 2.45. The van der Waals surface area contributed by atoms with Crippen molar-refractivity contribution in [1.82, 2.24) is 0 Å². The highest BCUT2D eigenvalue weighted by Gasteiger charge is 2.36. The van der Waals surface area contributed by atoms with E-state index in [1.165, 1.54) is 57.1 Å². The summed E-state index contributed by atoms with van der Waals surface area (Å²) in [7, 11) is 0. The zero-order valence-corrected chi connectivity index (χ0v) is 23.1. The molecule has 1 aromatic carbocycles. The van der Waals surface area contributed by atoms with E-state index in [0.717, 1.165) is 69.1 Å². The van der Waals surface area contributed by atoms with Gasteiger partial charge in [-0.1, -0.05) is 71.6 Å². The Hall–Kier alpha value is -1.26. The van der Waals surface area contributed by atoms with Gasteiger partial charge >= 0.3 is 6.11 Å². The molecule has 0 amide bonds. The molecule has 210 valence electrons.